The average Bonchev–Trinajstić information content (AvgIpc) is 2.29. The smallest absolute Gasteiger partial charge is 0.191 e. The van der Waals surface area contributed by atoms with E-state index in [4.69, 9.17) is 0 Å². The van der Waals surface area contributed by atoms with Crippen molar-refractivity contribution in [1.82, 2.24) is 10.6 Å². The van der Waals surface area contributed by atoms with Gasteiger partial charge in [0.2, 0.25) is 0 Å². The summed E-state index contributed by atoms with van der Waals surface area (Å²) >= 11 is 0. The van der Waals surface area contributed by atoms with Crippen LogP contribution in [-0.4, -0.2) is 25.1 Å². The summed E-state index contributed by atoms with van der Waals surface area (Å²) in [7, 11) is 1.81. The highest BCUT2D eigenvalue weighted by atomic mass is 15.2. The summed E-state index contributed by atoms with van der Waals surface area (Å²) in [6.07, 6.45) is 1.02. The molecule has 0 aromatic heterocycles. The Morgan fingerprint density at radius 1 is 1.10 bits per heavy atom. The van der Waals surface area contributed by atoms with Crippen LogP contribution in [0.1, 0.15) is 43.0 Å². The van der Waals surface area contributed by atoms with E-state index in [0.717, 1.165) is 18.9 Å². The molecule has 0 fully saturated rings. The Morgan fingerprint density at radius 3 is 2.10 bits per heavy atom. The van der Waals surface area contributed by atoms with Crippen LogP contribution in [0.2, 0.25) is 0 Å². The number of guanidine groups is 1. The first kappa shape index (κ1) is 16.5. The Morgan fingerprint density at radius 2 is 1.65 bits per heavy atom. The SMILES string of the molecule is CN=C(NCCc1c(C)cc(C)cc1C)NC(C)(C)C. The third-order valence-corrected chi connectivity index (χ3v) is 3.22. The predicted molar refractivity (Wildman–Crippen MR) is 88.6 cm³/mol. The van der Waals surface area contributed by atoms with Gasteiger partial charge in [0.15, 0.2) is 5.96 Å². The first-order valence-corrected chi connectivity index (χ1v) is 7.28. The van der Waals surface area contributed by atoms with Crippen LogP contribution >= 0.6 is 0 Å². The minimum Gasteiger partial charge on any atom is -0.356 e. The molecular formula is C17H29N3. The fourth-order valence-electron chi connectivity index (χ4n) is 2.44. The Labute approximate surface area is 123 Å². The van der Waals surface area contributed by atoms with E-state index in [1.807, 2.05) is 7.05 Å². The summed E-state index contributed by atoms with van der Waals surface area (Å²) in [6, 6.07) is 4.51. The fraction of sp³-hybridized carbons (Fsp3) is 0.588. The summed E-state index contributed by atoms with van der Waals surface area (Å²) in [5.41, 5.74) is 5.56. The summed E-state index contributed by atoms with van der Waals surface area (Å²) in [6.45, 7) is 13.8. The van der Waals surface area contributed by atoms with Crippen LogP contribution in [-0.2, 0) is 6.42 Å². The van der Waals surface area contributed by atoms with Gasteiger partial charge in [0.1, 0.15) is 0 Å². The zero-order valence-corrected chi connectivity index (χ0v) is 14.0. The van der Waals surface area contributed by atoms with Gasteiger partial charge in [-0.05, 0) is 64.7 Å². The van der Waals surface area contributed by atoms with Gasteiger partial charge in [-0.3, -0.25) is 4.99 Å². The number of aryl methyl sites for hydroxylation is 3. The molecule has 1 rings (SSSR count). The molecular weight excluding hydrogens is 246 g/mol. The molecule has 0 aliphatic carbocycles. The second kappa shape index (κ2) is 6.78. The van der Waals surface area contributed by atoms with Crippen molar-refractivity contribution in [3.05, 3.63) is 34.4 Å². The number of aliphatic imine (C=N–C) groups is 1. The van der Waals surface area contributed by atoms with Gasteiger partial charge in [0, 0.05) is 19.1 Å². The first-order valence-electron chi connectivity index (χ1n) is 7.28. The zero-order chi connectivity index (χ0) is 15.3. The van der Waals surface area contributed by atoms with Crippen molar-refractivity contribution in [2.75, 3.05) is 13.6 Å². The van der Waals surface area contributed by atoms with Crippen LogP contribution in [0.25, 0.3) is 0 Å². The van der Waals surface area contributed by atoms with Crippen molar-refractivity contribution < 1.29 is 0 Å². The summed E-state index contributed by atoms with van der Waals surface area (Å²) in [5, 5.41) is 6.75. The molecule has 0 aliphatic rings. The molecule has 20 heavy (non-hydrogen) atoms. The van der Waals surface area contributed by atoms with Gasteiger partial charge in [-0.1, -0.05) is 17.7 Å². The molecule has 0 aliphatic heterocycles. The third kappa shape index (κ3) is 5.24. The van der Waals surface area contributed by atoms with Crippen LogP contribution in [0.15, 0.2) is 17.1 Å². The lowest BCUT2D eigenvalue weighted by Crippen LogP contribution is -2.48. The molecule has 0 bridgehead atoms. The monoisotopic (exact) mass is 275 g/mol. The standard InChI is InChI=1S/C17H29N3/c1-12-10-13(2)15(14(3)11-12)8-9-19-16(18-7)20-17(4,5)6/h10-11H,8-9H2,1-7H3,(H2,18,19,20). The maximum atomic E-state index is 4.26. The molecule has 0 heterocycles. The normalized spacial score (nSPS) is 12.4. The van der Waals surface area contributed by atoms with E-state index >= 15 is 0 Å². The highest BCUT2D eigenvalue weighted by Crippen LogP contribution is 2.16. The molecule has 0 unspecified atom stereocenters. The van der Waals surface area contributed by atoms with Gasteiger partial charge in [0.25, 0.3) is 0 Å². The lowest BCUT2D eigenvalue weighted by atomic mass is 9.97. The maximum absolute atomic E-state index is 4.26. The Kier molecular flexibility index (Phi) is 5.61. The quantitative estimate of drug-likeness (QED) is 0.657. The predicted octanol–water partition coefficient (Wildman–Crippen LogP) is 3.12. The van der Waals surface area contributed by atoms with E-state index < -0.39 is 0 Å². The topological polar surface area (TPSA) is 36.4 Å². The number of nitrogens with one attached hydrogen (secondary N) is 2. The lowest BCUT2D eigenvalue weighted by Gasteiger charge is -2.24. The lowest BCUT2D eigenvalue weighted by molar-refractivity contribution is 0.501. The van der Waals surface area contributed by atoms with E-state index in [2.05, 4.69) is 69.3 Å². The molecule has 3 nitrogen and oxygen atoms in total. The molecule has 1 aromatic rings. The summed E-state index contributed by atoms with van der Waals surface area (Å²) in [5.74, 6) is 0.861. The number of nitrogens with zero attached hydrogens (tertiary/aromatic N) is 1. The van der Waals surface area contributed by atoms with Crippen molar-refractivity contribution >= 4 is 5.96 Å². The van der Waals surface area contributed by atoms with E-state index in [1.54, 1.807) is 0 Å². The minimum atomic E-state index is 0.0253. The van der Waals surface area contributed by atoms with Gasteiger partial charge >= 0.3 is 0 Å². The summed E-state index contributed by atoms with van der Waals surface area (Å²) in [4.78, 5) is 4.26. The molecule has 0 radical (unpaired) electrons. The molecule has 3 heteroatoms. The van der Waals surface area contributed by atoms with Gasteiger partial charge < -0.3 is 10.6 Å². The van der Waals surface area contributed by atoms with Crippen LogP contribution in [0.3, 0.4) is 0 Å². The second-order valence-corrected chi connectivity index (χ2v) is 6.50. The van der Waals surface area contributed by atoms with E-state index in [1.165, 1.54) is 22.3 Å². The van der Waals surface area contributed by atoms with Crippen LogP contribution in [0, 0.1) is 20.8 Å². The highest BCUT2D eigenvalue weighted by Gasteiger charge is 2.11. The molecule has 1 aromatic carbocycles. The molecule has 0 spiro atoms. The van der Waals surface area contributed by atoms with Gasteiger partial charge in [-0.25, -0.2) is 0 Å². The van der Waals surface area contributed by atoms with Crippen molar-refractivity contribution in [1.29, 1.82) is 0 Å². The number of hydrogen-bond donors (Lipinski definition) is 2. The van der Waals surface area contributed by atoms with E-state index in [9.17, 15) is 0 Å². The Hall–Kier alpha value is -1.51. The highest BCUT2D eigenvalue weighted by molar-refractivity contribution is 5.80. The molecule has 2 N–H and O–H groups in total. The third-order valence-electron chi connectivity index (χ3n) is 3.22. The van der Waals surface area contributed by atoms with Gasteiger partial charge in [-0.2, -0.15) is 0 Å². The molecule has 0 atom stereocenters. The number of hydrogen-bond acceptors (Lipinski definition) is 1. The van der Waals surface area contributed by atoms with Crippen molar-refractivity contribution in [3.63, 3.8) is 0 Å². The van der Waals surface area contributed by atoms with E-state index in [0.29, 0.717) is 0 Å². The van der Waals surface area contributed by atoms with Crippen molar-refractivity contribution in [2.24, 2.45) is 4.99 Å². The number of rotatable bonds is 3. The van der Waals surface area contributed by atoms with Gasteiger partial charge in [0.05, 0.1) is 0 Å². The molecule has 0 amide bonds. The van der Waals surface area contributed by atoms with Crippen molar-refractivity contribution in [2.45, 2.75) is 53.5 Å². The molecule has 112 valence electrons. The first-order chi connectivity index (χ1) is 9.23. The van der Waals surface area contributed by atoms with Crippen molar-refractivity contribution in [3.8, 4) is 0 Å². The zero-order valence-electron chi connectivity index (χ0n) is 14.0. The van der Waals surface area contributed by atoms with Crippen LogP contribution in [0.5, 0.6) is 0 Å². The minimum absolute atomic E-state index is 0.0253. The second-order valence-electron chi connectivity index (χ2n) is 6.50. The van der Waals surface area contributed by atoms with Gasteiger partial charge in [-0.15, -0.1) is 0 Å². The van der Waals surface area contributed by atoms with E-state index in [-0.39, 0.29) is 5.54 Å². The largest absolute Gasteiger partial charge is 0.356 e. The summed E-state index contributed by atoms with van der Waals surface area (Å²) < 4.78 is 0. The fourth-order valence-corrected chi connectivity index (χ4v) is 2.44. The molecule has 0 saturated carbocycles. The van der Waals surface area contributed by atoms with Crippen LogP contribution in [0.4, 0.5) is 0 Å². The van der Waals surface area contributed by atoms with Crippen LogP contribution < -0.4 is 10.6 Å². The average molecular weight is 275 g/mol. The maximum Gasteiger partial charge on any atom is 0.191 e. The number of benzene rings is 1. The Balaban J connectivity index is 2.61. The molecule has 0 saturated heterocycles. The Bertz CT molecular complexity index is 458.